The lowest BCUT2D eigenvalue weighted by Gasteiger charge is -2.05. The number of carbonyl (C=O) groups excluding carboxylic acids is 1. The standard InChI is InChI=1S/C10H12BrFN2O/c1-13-10(15)14-5-4-7-6-8(11)2-3-9(7)12/h2-3,6H,4-5H2,1H3,(H2,13,14,15). The van der Waals surface area contributed by atoms with E-state index in [2.05, 4.69) is 26.6 Å². The van der Waals surface area contributed by atoms with Crippen molar-refractivity contribution in [3.05, 3.63) is 34.1 Å². The Hall–Kier alpha value is -1.10. The highest BCUT2D eigenvalue weighted by Gasteiger charge is 2.03. The molecule has 0 saturated carbocycles. The minimum absolute atomic E-state index is 0.253. The molecule has 2 N–H and O–H groups in total. The molecule has 1 aromatic rings. The summed E-state index contributed by atoms with van der Waals surface area (Å²) in [4.78, 5) is 10.8. The van der Waals surface area contributed by atoms with Gasteiger partial charge in [-0.2, -0.15) is 0 Å². The van der Waals surface area contributed by atoms with Crippen LogP contribution in [0, 0.1) is 5.82 Å². The van der Waals surface area contributed by atoms with Crippen molar-refractivity contribution >= 4 is 22.0 Å². The van der Waals surface area contributed by atoms with Crippen molar-refractivity contribution in [1.29, 1.82) is 0 Å². The maximum absolute atomic E-state index is 13.2. The first-order valence-electron chi connectivity index (χ1n) is 4.53. The lowest BCUT2D eigenvalue weighted by molar-refractivity contribution is 0.243. The van der Waals surface area contributed by atoms with Gasteiger partial charge in [-0.3, -0.25) is 0 Å². The first-order chi connectivity index (χ1) is 7.13. The third kappa shape index (κ3) is 3.87. The monoisotopic (exact) mass is 274 g/mol. The summed E-state index contributed by atoms with van der Waals surface area (Å²) in [6, 6.07) is 4.50. The zero-order valence-electron chi connectivity index (χ0n) is 8.31. The Morgan fingerprint density at radius 2 is 2.27 bits per heavy atom. The molecule has 1 rings (SSSR count). The van der Waals surface area contributed by atoms with Gasteiger partial charge < -0.3 is 10.6 Å². The Bertz CT molecular complexity index is 357. The summed E-state index contributed by atoms with van der Waals surface area (Å²) in [6.07, 6.45) is 0.471. The van der Waals surface area contributed by atoms with Crippen molar-refractivity contribution < 1.29 is 9.18 Å². The van der Waals surface area contributed by atoms with E-state index in [4.69, 9.17) is 0 Å². The van der Waals surface area contributed by atoms with E-state index in [1.807, 2.05) is 0 Å². The molecule has 0 aliphatic heterocycles. The predicted molar refractivity (Wildman–Crippen MR) is 60.3 cm³/mol. The van der Waals surface area contributed by atoms with Crippen LogP contribution in [0.4, 0.5) is 9.18 Å². The zero-order valence-corrected chi connectivity index (χ0v) is 9.90. The van der Waals surface area contributed by atoms with Gasteiger partial charge in [0.25, 0.3) is 0 Å². The largest absolute Gasteiger partial charge is 0.341 e. The maximum atomic E-state index is 13.2. The minimum Gasteiger partial charge on any atom is -0.341 e. The third-order valence-electron chi connectivity index (χ3n) is 1.91. The van der Waals surface area contributed by atoms with Crippen molar-refractivity contribution in [3.63, 3.8) is 0 Å². The van der Waals surface area contributed by atoms with Gasteiger partial charge in [0.05, 0.1) is 0 Å². The van der Waals surface area contributed by atoms with Crippen LogP contribution in [0.3, 0.4) is 0 Å². The van der Waals surface area contributed by atoms with Crippen molar-refractivity contribution in [2.45, 2.75) is 6.42 Å². The van der Waals surface area contributed by atoms with Gasteiger partial charge in [0.2, 0.25) is 0 Å². The average molecular weight is 275 g/mol. The summed E-state index contributed by atoms with van der Waals surface area (Å²) >= 11 is 3.26. The summed E-state index contributed by atoms with van der Waals surface area (Å²) in [5.41, 5.74) is 0.584. The fraction of sp³-hybridized carbons (Fsp3) is 0.300. The lowest BCUT2D eigenvalue weighted by atomic mass is 10.1. The molecular formula is C10H12BrFN2O. The Morgan fingerprint density at radius 3 is 2.93 bits per heavy atom. The smallest absolute Gasteiger partial charge is 0.314 e. The van der Waals surface area contributed by atoms with Crippen LogP contribution in [0.1, 0.15) is 5.56 Å². The van der Waals surface area contributed by atoms with Gasteiger partial charge in [-0.1, -0.05) is 15.9 Å². The van der Waals surface area contributed by atoms with Gasteiger partial charge in [-0.05, 0) is 30.2 Å². The second-order valence-corrected chi connectivity index (χ2v) is 3.91. The van der Waals surface area contributed by atoms with Crippen LogP contribution in [0.5, 0.6) is 0 Å². The van der Waals surface area contributed by atoms with E-state index >= 15 is 0 Å². The number of amides is 2. The van der Waals surface area contributed by atoms with Crippen LogP contribution in [0.25, 0.3) is 0 Å². The summed E-state index contributed by atoms with van der Waals surface area (Å²) in [5.74, 6) is -0.253. The van der Waals surface area contributed by atoms with Crippen LogP contribution in [0.2, 0.25) is 0 Å². The summed E-state index contributed by atoms with van der Waals surface area (Å²) in [6.45, 7) is 0.410. The number of rotatable bonds is 3. The summed E-state index contributed by atoms with van der Waals surface area (Å²) in [7, 11) is 1.54. The quantitative estimate of drug-likeness (QED) is 0.871. The number of halogens is 2. The van der Waals surface area contributed by atoms with Crippen molar-refractivity contribution in [1.82, 2.24) is 10.6 Å². The van der Waals surface area contributed by atoms with Gasteiger partial charge in [0.1, 0.15) is 5.82 Å². The lowest BCUT2D eigenvalue weighted by Crippen LogP contribution is -2.34. The molecule has 0 heterocycles. The molecular weight excluding hydrogens is 263 g/mol. The SMILES string of the molecule is CNC(=O)NCCc1cc(Br)ccc1F. The second kappa shape index (κ2) is 5.70. The van der Waals surface area contributed by atoms with Gasteiger partial charge in [0.15, 0.2) is 0 Å². The fourth-order valence-corrected chi connectivity index (χ4v) is 1.54. The Balaban J connectivity index is 2.50. The maximum Gasteiger partial charge on any atom is 0.314 e. The molecule has 0 bridgehead atoms. The van der Waals surface area contributed by atoms with Crippen molar-refractivity contribution in [2.24, 2.45) is 0 Å². The Morgan fingerprint density at radius 1 is 1.53 bits per heavy atom. The van der Waals surface area contributed by atoms with Gasteiger partial charge >= 0.3 is 6.03 Å². The number of carbonyl (C=O) groups is 1. The van der Waals surface area contributed by atoms with Crippen LogP contribution in [0.15, 0.2) is 22.7 Å². The number of nitrogens with one attached hydrogen (secondary N) is 2. The molecule has 0 aliphatic carbocycles. The van der Waals surface area contributed by atoms with E-state index in [9.17, 15) is 9.18 Å². The molecule has 82 valence electrons. The van der Waals surface area contributed by atoms with Crippen LogP contribution in [-0.4, -0.2) is 19.6 Å². The van der Waals surface area contributed by atoms with E-state index in [1.54, 1.807) is 12.1 Å². The predicted octanol–water partition coefficient (Wildman–Crippen LogP) is 2.06. The van der Waals surface area contributed by atoms with Crippen molar-refractivity contribution in [2.75, 3.05) is 13.6 Å². The first kappa shape index (κ1) is 12.0. The van der Waals surface area contributed by atoms with Crippen LogP contribution >= 0.6 is 15.9 Å². The normalized spacial score (nSPS) is 9.80. The number of urea groups is 1. The zero-order chi connectivity index (χ0) is 11.3. The molecule has 1 aromatic carbocycles. The van der Waals surface area contributed by atoms with E-state index < -0.39 is 0 Å². The highest BCUT2D eigenvalue weighted by Crippen LogP contribution is 2.15. The molecule has 0 unspecified atom stereocenters. The number of hydrogen-bond acceptors (Lipinski definition) is 1. The topological polar surface area (TPSA) is 41.1 Å². The number of hydrogen-bond donors (Lipinski definition) is 2. The van der Waals surface area contributed by atoms with Gasteiger partial charge in [-0.15, -0.1) is 0 Å². The molecule has 2 amide bonds. The molecule has 0 aromatic heterocycles. The minimum atomic E-state index is -0.259. The molecule has 15 heavy (non-hydrogen) atoms. The number of benzene rings is 1. The van der Waals surface area contributed by atoms with E-state index in [0.717, 1.165) is 4.47 Å². The van der Waals surface area contributed by atoms with E-state index in [-0.39, 0.29) is 11.8 Å². The fourth-order valence-electron chi connectivity index (χ4n) is 1.13. The van der Waals surface area contributed by atoms with E-state index in [1.165, 1.54) is 13.1 Å². The summed E-state index contributed by atoms with van der Waals surface area (Å²) < 4.78 is 14.1. The second-order valence-electron chi connectivity index (χ2n) is 2.99. The third-order valence-corrected chi connectivity index (χ3v) is 2.41. The van der Waals surface area contributed by atoms with E-state index in [0.29, 0.717) is 18.5 Å². The van der Waals surface area contributed by atoms with Gasteiger partial charge in [0, 0.05) is 18.1 Å². The molecule has 0 fully saturated rings. The molecule has 0 spiro atoms. The Kier molecular flexibility index (Phi) is 4.55. The van der Waals surface area contributed by atoms with Crippen molar-refractivity contribution in [3.8, 4) is 0 Å². The highest BCUT2D eigenvalue weighted by molar-refractivity contribution is 9.10. The van der Waals surface area contributed by atoms with Crippen LogP contribution in [-0.2, 0) is 6.42 Å². The average Bonchev–Trinajstić information content (AvgIpc) is 2.23. The Labute approximate surface area is 96.2 Å². The highest BCUT2D eigenvalue weighted by atomic mass is 79.9. The van der Waals surface area contributed by atoms with Crippen LogP contribution < -0.4 is 10.6 Å². The summed E-state index contributed by atoms with van der Waals surface area (Å²) in [5, 5.41) is 5.02. The molecule has 0 radical (unpaired) electrons. The molecule has 0 atom stereocenters. The molecule has 0 saturated heterocycles. The first-order valence-corrected chi connectivity index (χ1v) is 5.32. The molecule has 0 aliphatic rings. The molecule has 5 heteroatoms. The van der Waals surface area contributed by atoms with Gasteiger partial charge in [-0.25, -0.2) is 9.18 Å². The molecule has 3 nitrogen and oxygen atoms in total.